The van der Waals surface area contributed by atoms with Crippen LogP contribution in [0.1, 0.15) is 103 Å². The van der Waals surface area contributed by atoms with Crippen molar-refractivity contribution in [3.05, 3.63) is 125 Å². The molecule has 0 aliphatic heterocycles. The summed E-state index contributed by atoms with van der Waals surface area (Å²) in [4.78, 5) is 24.0. The fraction of sp³-hybridized carbons (Fsp3) is 0.415. The number of fused-ring (bicyclic) bond motifs is 8. The van der Waals surface area contributed by atoms with Crippen LogP contribution in [0.2, 0.25) is 0 Å². The lowest BCUT2D eigenvalue weighted by atomic mass is 9.90. The minimum Gasteiger partial charge on any atom is -0.493 e. The molecule has 11 heteroatoms. The summed E-state index contributed by atoms with van der Waals surface area (Å²) in [6.45, 7) is 9.42. The van der Waals surface area contributed by atoms with E-state index in [-0.39, 0.29) is 53.5 Å². The second-order valence-corrected chi connectivity index (χ2v) is 13.1. The molecule has 1 aliphatic rings. The van der Waals surface area contributed by atoms with E-state index in [0.717, 1.165) is 36.8 Å². The maximum absolute atomic E-state index is 12.4. The Balaban J connectivity index is 1.89. The summed E-state index contributed by atoms with van der Waals surface area (Å²) in [6.07, 6.45) is 3.93. The molecule has 1 aliphatic carbocycles. The van der Waals surface area contributed by atoms with Gasteiger partial charge in [-0.2, -0.15) is 0 Å². The third-order valence-electron chi connectivity index (χ3n) is 8.87. The molecule has 0 radical (unpaired) electrons. The van der Waals surface area contributed by atoms with Crippen LogP contribution in [-0.4, -0.2) is 41.4 Å². The molecule has 0 heterocycles. The zero-order chi connectivity index (χ0) is 37.2. The molecule has 52 heavy (non-hydrogen) atoms. The van der Waals surface area contributed by atoms with Gasteiger partial charge in [-0.15, -0.1) is 0 Å². The molecule has 4 aromatic carbocycles. The van der Waals surface area contributed by atoms with Gasteiger partial charge in [-0.1, -0.05) is 45.9 Å². The Bertz CT molecular complexity index is 1790. The molecule has 1 N–H and O–H groups in total. The minimum atomic E-state index is -0.388. The first-order valence-corrected chi connectivity index (χ1v) is 18.2. The lowest BCUT2D eigenvalue weighted by Crippen LogP contribution is -2.11. The first-order valence-electron chi connectivity index (χ1n) is 18.2. The molecule has 4 aromatic rings. The van der Waals surface area contributed by atoms with Crippen LogP contribution in [0.25, 0.3) is 0 Å². The van der Waals surface area contributed by atoms with Crippen LogP contribution in [0.3, 0.4) is 0 Å². The highest BCUT2D eigenvalue weighted by Gasteiger charge is 2.26. The van der Waals surface area contributed by atoms with Crippen molar-refractivity contribution in [3.8, 4) is 23.0 Å². The highest BCUT2D eigenvalue weighted by Crippen LogP contribution is 2.42. The number of nitrogens with zero attached hydrogens (tertiary/aromatic N) is 2. The number of aliphatic hydroxyl groups is 1. The predicted molar refractivity (Wildman–Crippen MR) is 199 cm³/mol. The van der Waals surface area contributed by atoms with E-state index in [0.29, 0.717) is 88.4 Å². The van der Waals surface area contributed by atoms with Crippen LogP contribution in [0, 0.1) is 20.2 Å². The minimum absolute atomic E-state index is 0.0586. The number of nitro groups is 2. The molecule has 0 atom stereocenters. The molecular weight excluding hydrogens is 664 g/mol. The van der Waals surface area contributed by atoms with Crippen LogP contribution in [-0.2, 0) is 32.3 Å². The Morgan fingerprint density at radius 1 is 0.519 bits per heavy atom. The van der Waals surface area contributed by atoms with Crippen molar-refractivity contribution in [3.63, 3.8) is 0 Å². The monoisotopic (exact) mass is 712 g/mol. The number of non-ortho nitro benzene ring substituents is 2. The van der Waals surface area contributed by atoms with Crippen molar-refractivity contribution < 1.29 is 33.9 Å². The van der Waals surface area contributed by atoms with E-state index >= 15 is 0 Å². The SMILES string of the molecule is CCCOc1c2cccc1Cc1cc([N+](=O)[O-])cc(c1OCCC)Cc1cc(CO)cc(c1OCCC)Cc1cc([N+](=O)[O-])cc(c1OCCC)C2. The summed E-state index contributed by atoms with van der Waals surface area (Å²) >= 11 is 0. The average Bonchev–Trinajstić information content (AvgIpc) is 3.12. The fourth-order valence-electron chi connectivity index (χ4n) is 6.68. The number of nitro benzene ring substituents is 2. The molecular formula is C41H48N2O9. The molecule has 0 amide bonds. The van der Waals surface area contributed by atoms with Crippen molar-refractivity contribution in [2.75, 3.05) is 26.4 Å². The Morgan fingerprint density at radius 2 is 0.808 bits per heavy atom. The molecule has 5 rings (SSSR count). The van der Waals surface area contributed by atoms with Gasteiger partial charge in [0.05, 0.1) is 42.9 Å². The van der Waals surface area contributed by atoms with Gasteiger partial charge in [0.25, 0.3) is 11.4 Å². The van der Waals surface area contributed by atoms with Crippen LogP contribution in [0.15, 0.2) is 54.6 Å². The first-order chi connectivity index (χ1) is 25.2. The summed E-state index contributed by atoms with van der Waals surface area (Å²) in [6, 6.07) is 15.8. The van der Waals surface area contributed by atoms with Gasteiger partial charge in [-0.05, 0) is 65.6 Å². The molecule has 0 saturated heterocycles. The van der Waals surface area contributed by atoms with Crippen LogP contribution < -0.4 is 18.9 Å². The number of aliphatic hydroxyl groups excluding tert-OH is 1. The van der Waals surface area contributed by atoms with Crippen molar-refractivity contribution >= 4 is 11.4 Å². The Hall–Kier alpha value is -5.16. The van der Waals surface area contributed by atoms with Gasteiger partial charge in [0.15, 0.2) is 0 Å². The number of hydrogen-bond donors (Lipinski definition) is 1. The Kier molecular flexibility index (Phi) is 13.1. The lowest BCUT2D eigenvalue weighted by Gasteiger charge is -2.23. The highest BCUT2D eigenvalue weighted by atomic mass is 16.6. The van der Waals surface area contributed by atoms with Crippen LogP contribution in [0.4, 0.5) is 11.4 Å². The predicted octanol–water partition coefficient (Wildman–Crippen LogP) is 8.83. The standard InChI is InChI=1S/C41H48N2O9/c1-5-12-49-38-28-10-9-11-29(38)19-33-23-37(43(47)48)25-35(41(33)52-15-8-4)21-31-17-27(26-44)16-30(39(31)50-13-6-2)20-34-24-36(42(45)46)22-32(18-28)40(34)51-14-7-3/h9-11,16-17,22-25,44H,5-8,12-15,18-21,26H2,1-4H3. The summed E-state index contributed by atoms with van der Waals surface area (Å²) in [5.41, 5.74) is 6.06. The molecule has 0 unspecified atom stereocenters. The van der Waals surface area contributed by atoms with Crippen molar-refractivity contribution in [2.24, 2.45) is 0 Å². The smallest absolute Gasteiger partial charge is 0.270 e. The number of para-hydroxylation sites is 1. The Morgan fingerprint density at radius 3 is 1.10 bits per heavy atom. The summed E-state index contributed by atoms with van der Waals surface area (Å²) in [5.74, 6) is 2.34. The second-order valence-electron chi connectivity index (χ2n) is 13.1. The zero-order valence-corrected chi connectivity index (χ0v) is 30.5. The lowest BCUT2D eigenvalue weighted by molar-refractivity contribution is -0.385. The van der Waals surface area contributed by atoms with E-state index in [9.17, 15) is 25.3 Å². The van der Waals surface area contributed by atoms with Crippen molar-refractivity contribution in [2.45, 2.75) is 85.7 Å². The van der Waals surface area contributed by atoms with Gasteiger partial charge in [0.1, 0.15) is 23.0 Å². The summed E-state index contributed by atoms with van der Waals surface area (Å²) in [5, 5.41) is 35.2. The van der Waals surface area contributed by atoms with Gasteiger partial charge in [-0.3, -0.25) is 20.2 Å². The second kappa shape index (κ2) is 17.9. The van der Waals surface area contributed by atoms with E-state index in [2.05, 4.69) is 0 Å². The quantitative estimate of drug-likeness (QED) is 0.0832. The van der Waals surface area contributed by atoms with Crippen molar-refractivity contribution in [1.82, 2.24) is 0 Å². The van der Waals surface area contributed by atoms with E-state index < -0.39 is 0 Å². The molecule has 11 nitrogen and oxygen atoms in total. The zero-order valence-electron chi connectivity index (χ0n) is 30.5. The summed E-state index contributed by atoms with van der Waals surface area (Å²) < 4.78 is 25.7. The largest absolute Gasteiger partial charge is 0.493 e. The number of ether oxygens (including phenoxy) is 4. The molecule has 0 spiro atoms. The number of hydrogen-bond acceptors (Lipinski definition) is 9. The molecule has 276 valence electrons. The third-order valence-corrected chi connectivity index (χ3v) is 8.87. The maximum Gasteiger partial charge on any atom is 0.270 e. The van der Waals surface area contributed by atoms with Crippen LogP contribution in [0.5, 0.6) is 23.0 Å². The average molecular weight is 713 g/mol. The maximum atomic E-state index is 12.4. The molecule has 0 saturated carbocycles. The van der Waals surface area contributed by atoms with Crippen molar-refractivity contribution in [1.29, 1.82) is 0 Å². The summed E-state index contributed by atoms with van der Waals surface area (Å²) in [7, 11) is 0. The third kappa shape index (κ3) is 8.82. The number of rotatable bonds is 15. The van der Waals surface area contributed by atoms with E-state index in [1.807, 2.05) is 58.0 Å². The molecule has 0 aromatic heterocycles. The Labute approximate surface area is 304 Å². The molecule has 0 fully saturated rings. The van der Waals surface area contributed by atoms with Gasteiger partial charge in [0, 0.05) is 72.2 Å². The first kappa shape index (κ1) is 38.1. The van der Waals surface area contributed by atoms with Crippen LogP contribution >= 0.6 is 0 Å². The van der Waals surface area contributed by atoms with Gasteiger partial charge < -0.3 is 24.1 Å². The van der Waals surface area contributed by atoms with E-state index in [1.165, 1.54) is 0 Å². The van der Waals surface area contributed by atoms with E-state index in [4.69, 9.17) is 18.9 Å². The fourth-order valence-corrected chi connectivity index (χ4v) is 6.68. The number of benzene rings is 4. The topological polar surface area (TPSA) is 143 Å². The van der Waals surface area contributed by atoms with Gasteiger partial charge >= 0.3 is 0 Å². The van der Waals surface area contributed by atoms with E-state index in [1.54, 1.807) is 24.3 Å². The van der Waals surface area contributed by atoms with Gasteiger partial charge in [-0.25, -0.2) is 0 Å². The normalized spacial score (nSPS) is 12.2. The van der Waals surface area contributed by atoms with Gasteiger partial charge in [0.2, 0.25) is 0 Å². The molecule has 8 bridgehead atoms. The highest BCUT2D eigenvalue weighted by molar-refractivity contribution is 5.60.